The Hall–Kier alpha value is -2.17. The van der Waals surface area contributed by atoms with Gasteiger partial charge in [-0.15, -0.1) is 0 Å². The van der Waals surface area contributed by atoms with E-state index >= 15 is 0 Å². The SMILES string of the molecule is CNc1cc(Nc2ccc(F)cc2C)nc(C(C)C)n1. The van der Waals surface area contributed by atoms with Crippen molar-refractivity contribution in [1.82, 2.24) is 9.97 Å². The second-order valence-corrected chi connectivity index (χ2v) is 4.99. The van der Waals surface area contributed by atoms with Crippen molar-refractivity contribution in [1.29, 1.82) is 0 Å². The molecule has 2 N–H and O–H groups in total. The summed E-state index contributed by atoms with van der Waals surface area (Å²) in [4.78, 5) is 8.89. The van der Waals surface area contributed by atoms with Gasteiger partial charge in [0.25, 0.3) is 0 Å². The minimum absolute atomic E-state index is 0.234. The molecule has 1 aromatic heterocycles. The number of hydrogen-bond acceptors (Lipinski definition) is 4. The summed E-state index contributed by atoms with van der Waals surface area (Å²) in [5.74, 6) is 2.21. The Balaban J connectivity index is 2.34. The van der Waals surface area contributed by atoms with E-state index in [9.17, 15) is 4.39 Å². The van der Waals surface area contributed by atoms with Gasteiger partial charge in [-0.1, -0.05) is 13.8 Å². The van der Waals surface area contributed by atoms with Crippen molar-refractivity contribution in [3.05, 3.63) is 41.5 Å². The van der Waals surface area contributed by atoms with Crippen LogP contribution in [0, 0.1) is 12.7 Å². The van der Waals surface area contributed by atoms with Gasteiger partial charge in [0.1, 0.15) is 23.3 Å². The second-order valence-electron chi connectivity index (χ2n) is 4.99. The Morgan fingerprint density at radius 3 is 2.40 bits per heavy atom. The first-order valence-electron chi connectivity index (χ1n) is 6.59. The van der Waals surface area contributed by atoms with Crippen LogP contribution in [-0.4, -0.2) is 17.0 Å². The molecule has 106 valence electrons. The maximum Gasteiger partial charge on any atom is 0.136 e. The molecule has 0 fully saturated rings. The molecule has 2 rings (SSSR count). The smallest absolute Gasteiger partial charge is 0.136 e. The molecule has 0 saturated carbocycles. The molecule has 0 unspecified atom stereocenters. The fraction of sp³-hybridized carbons (Fsp3) is 0.333. The summed E-state index contributed by atoms with van der Waals surface area (Å²) in [5.41, 5.74) is 1.67. The Morgan fingerprint density at radius 2 is 1.80 bits per heavy atom. The average Bonchev–Trinajstić information content (AvgIpc) is 2.41. The van der Waals surface area contributed by atoms with E-state index < -0.39 is 0 Å². The summed E-state index contributed by atoms with van der Waals surface area (Å²) >= 11 is 0. The normalized spacial score (nSPS) is 10.7. The maximum absolute atomic E-state index is 13.1. The molecule has 2 aromatic rings. The van der Waals surface area contributed by atoms with Crippen LogP contribution in [-0.2, 0) is 0 Å². The molecule has 0 bridgehead atoms. The largest absolute Gasteiger partial charge is 0.373 e. The van der Waals surface area contributed by atoms with Gasteiger partial charge in [-0.2, -0.15) is 0 Å². The van der Waals surface area contributed by atoms with Gasteiger partial charge in [-0.05, 0) is 30.7 Å². The predicted octanol–water partition coefficient (Wildman–Crippen LogP) is 3.83. The highest BCUT2D eigenvalue weighted by molar-refractivity contribution is 5.62. The van der Waals surface area contributed by atoms with Crippen LogP contribution in [0.2, 0.25) is 0 Å². The molecule has 0 aliphatic carbocycles. The first-order valence-corrected chi connectivity index (χ1v) is 6.59. The van der Waals surface area contributed by atoms with E-state index in [-0.39, 0.29) is 11.7 Å². The Bertz CT molecular complexity index is 611. The Labute approximate surface area is 118 Å². The highest BCUT2D eigenvalue weighted by atomic mass is 19.1. The van der Waals surface area contributed by atoms with Crippen LogP contribution in [0.25, 0.3) is 0 Å². The Kier molecular flexibility index (Phi) is 4.17. The van der Waals surface area contributed by atoms with E-state index in [1.165, 1.54) is 12.1 Å². The van der Waals surface area contributed by atoms with Crippen molar-refractivity contribution in [2.45, 2.75) is 26.7 Å². The highest BCUT2D eigenvalue weighted by Gasteiger charge is 2.08. The first kappa shape index (κ1) is 14.2. The number of hydrogen-bond donors (Lipinski definition) is 2. The van der Waals surface area contributed by atoms with Gasteiger partial charge in [-0.25, -0.2) is 14.4 Å². The lowest BCUT2D eigenvalue weighted by Gasteiger charge is -2.13. The number of aromatic nitrogens is 2. The van der Waals surface area contributed by atoms with E-state index in [4.69, 9.17) is 0 Å². The maximum atomic E-state index is 13.1. The number of nitrogens with one attached hydrogen (secondary N) is 2. The molecule has 4 nitrogen and oxygen atoms in total. The molecule has 0 atom stereocenters. The molecular weight excluding hydrogens is 255 g/mol. The third-order valence-corrected chi connectivity index (χ3v) is 2.97. The van der Waals surface area contributed by atoms with Crippen LogP contribution in [0.4, 0.5) is 21.7 Å². The molecule has 0 amide bonds. The number of halogens is 1. The molecule has 1 aromatic carbocycles. The van der Waals surface area contributed by atoms with Crippen LogP contribution < -0.4 is 10.6 Å². The van der Waals surface area contributed by atoms with Gasteiger partial charge >= 0.3 is 0 Å². The average molecular weight is 274 g/mol. The molecule has 0 saturated heterocycles. The van der Waals surface area contributed by atoms with Gasteiger partial charge in [0.2, 0.25) is 0 Å². The lowest BCUT2D eigenvalue weighted by atomic mass is 10.2. The monoisotopic (exact) mass is 274 g/mol. The number of anilines is 3. The van der Waals surface area contributed by atoms with Gasteiger partial charge < -0.3 is 10.6 Å². The first-order chi connectivity index (χ1) is 9.49. The van der Waals surface area contributed by atoms with Crippen LogP contribution in [0.1, 0.15) is 31.2 Å². The number of nitrogens with zero attached hydrogens (tertiary/aromatic N) is 2. The fourth-order valence-corrected chi connectivity index (χ4v) is 1.82. The third kappa shape index (κ3) is 3.23. The van der Waals surface area contributed by atoms with Crippen molar-refractivity contribution >= 4 is 17.3 Å². The van der Waals surface area contributed by atoms with E-state index in [1.807, 2.05) is 33.9 Å². The van der Waals surface area contributed by atoms with E-state index in [1.54, 1.807) is 6.07 Å². The van der Waals surface area contributed by atoms with Crippen molar-refractivity contribution < 1.29 is 4.39 Å². The van der Waals surface area contributed by atoms with Gasteiger partial charge in [0, 0.05) is 24.7 Å². The van der Waals surface area contributed by atoms with Crippen molar-refractivity contribution in [2.24, 2.45) is 0 Å². The molecule has 0 radical (unpaired) electrons. The lowest BCUT2D eigenvalue weighted by Crippen LogP contribution is -2.05. The van der Waals surface area contributed by atoms with Gasteiger partial charge in [0.15, 0.2) is 0 Å². The van der Waals surface area contributed by atoms with Gasteiger partial charge in [0.05, 0.1) is 0 Å². The van der Waals surface area contributed by atoms with Crippen LogP contribution in [0.5, 0.6) is 0 Å². The topological polar surface area (TPSA) is 49.8 Å². The third-order valence-electron chi connectivity index (χ3n) is 2.97. The molecule has 20 heavy (non-hydrogen) atoms. The molecule has 0 spiro atoms. The minimum atomic E-state index is -0.241. The summed E-state index contributed by atoms with van der Waals surface area (Å²) in [5, 5.41) is 6.23. The lowest BCUT2D eigenvalue weighted by molar-refractivity contribution is 0.627. The van der Waals surface area contributed by atoms with Crippen LogP contribution in [0.3, 0.4) is 0 Å². The van der Waals surface area contributed by atoms with Crippen LogP contribution >= 0.6 is 0 Å². The number of aryl methyl sites for hydroxylation is 1. The van der Waals surface area contributed by atoms with Crippen molar-refractivity contribution in [3.63, 3.8) is 0 Å². The molecule has 1 heterocycles. The van der Waals surface area contributed by atoms with E-state index in [0.29, 0.717) is 5.82 Å². The predicted molar refractivity (Wildman–Crippen MR) is 80.1 cm³/mol. The highest BCUT2D eigenvalue weighted by Crippen LogP contribution is 2.23. The van der Waals surface area contributed by atoms with Gasteiger partial charge in [-0.3, -0.25) is 0 Å². The standard InChI is InChI=1S/C15H19FN4/c1-9(2)15-19-13(17-4)8-14(20-15)18-12-6-5-11(16)7-10(12)3/h5-9H,1-4H3,(H2,17,18,19,20). The van der Waals surface area contributed by atoms with Crippen molar-refractivity contribution in [3.8, 4) is 0 Å². The summed E-state index contributed by atoms with van der Waals surface area (Å²) in [7, 11) is 1.82. The zero-order valence-electron chi connectivity index (χ0n) is 12.2. The summed E-state index contributed by atoms with van der Waals surface area (Å²) in [6, 6.07) is 6.46. The second kappa shape index (κ2) is 5.86. The minimum Gasteiger partial charge on any atom is -0.373 e. The van der Waals surface area contributed by atoms with Crippen LogP contribution in [0.15, 0.2) is 24.3 Å². The fourth-order valence-electron chi connectivity index (χ4n) is 1.82. The zero-order chi connectivity index (χ0) is 14.7. The van der Waals surface area contributed by atoms with Crippen molar-refractivity contribution in [2.75, 3.05) is 17.7 Å². The van der Waals surface area contributed by atoms with E-state index in [0.717, 1.165) is 22.9 Å². The zero-order valence-corrected chi connectivity index (χ0v) is 12.2. The number of rotatable bonds is 4. The quantitative estimate of drug-likeness (QED) is 0.889. The molecular formula is C15H19FN4. The molecule has 5 heteroatoms. The summed E-state index contributed by atoms with van der Waals surface area (Å²) < 4.78 is 13.1. The van der Waals surface area contributed by atoms with E-state index in [2.05, 4.69) is 20.6 Å². The summed E-state index contributed by atoms with van der Waals surface area (Å²) in [6.45, 7) is 5.94. The number of benzene rings is 1. The Morgan fingerprint density at radius 1 is 1.10 bits per heavy atom. The molecule has 0 aliphatic heterocycles. The molecule has 0 aliphatic rings. The summed E-state index contributed by atoms with van der Waals surface area (Å²) in [6.07, 6.45) is 0.